The van der Waals surface area contributed by atoms with Crippen LogP contribution in [0.5, 0.6) is 0 Å². The van der Waals surface area contributed by atoms with E-state index in [1.54, 1.807) is 13.8 Å². The SMILES string of the molecule is Cc1ccc2c(c1)c(C(C)(C)C(=O)O)c(C)n2C. The zero-order valence-corrected chi connectivity index (χ0v) is 11.5. The zero-order valence-electron chi connectivity index (χ0n) is 11.5. The van der Waals surface area contributed by atoms with E-state index in [2.05, 4.69) is 22.8 Å². The number of aromatic nitrogens is 1. The molecule has 3 heteroatoms. The molecule has 1 heterocycles. The minimum Gasteiger partial charge on any atom is -0.481 e. The number of hydrogen-bond donors (Lipinski definition) is 1. The Labute approximate surface area is 107 Å². The summed E-state index contributed by atoms with van der Waals surface area (Å²) in [5.74, 6) is -0.792. The van der Waals surface area contributed by atoms with Crippen molar-refractivity contribution in [2.45, 2.75) is 33.1 Å². The van der Waals surface area contributed by atoms with Crippen molar-refractivity contribution in [3.8, 4) is 0 Å². The van der Waals surface area contributed by atoms with Crippen LogP contribution in [0.2, 0.25) is 0 Å². The van der Waals surface area contributed by atoms with Gasteiger partial charge in [0.1, 0.15) is 0 Å². The molecule has 1 N–H and O–H groups in total. The lowest BCUT2D eigenvalue weighted by Crippen LogP contribution is -2.29. The molecule has 0 unspecified atom stereocenters. The molecule has 18 heavy (non-hydrogen) atoms. The number of carboxylic acids is 1. The lowest BCUT2D eigenvalue weighted by molar-refractivity contribution is -0.142. The summed E-state index contributed by atoms with van der Waals surface area (Å²) in [5.41, 5.74) is 3.29. The molecule has 96 valence electrons. The number of aryl methyl sites for hydroxylation is 2. The number of nitrogens with zero attached hydrogens (tertiary/aromatic N) is 1. The van der Waals surface area contributed by atoms with Crippen LogP contribution in [0, 0.1) is 13.8 Å². The smallest absolute Gasteiger partial charge is 0.313 e. The third-order valence-electron chi connectivity index (χ3n) is 3.81. The van der Waals surface area contributed by atoms with Gasteiger partial charge in [-0.05, 0) is 45.4 Å². The van der Waals surface area contributed by atoms with Gasteiger partial charge in [-0.15, -0.1) is 0 Å². The minimum absolute atomic E-state index is 0.792. The molecule has 2 aromatic rings. The zero-order chi connectivity index (χ0) is 13.7. The van der Waals surface area contributed by atoms with Gasteiger partial charge in [0.25, 0.3) is 0 Å². The van der Waals surface area contributed by atoms with Crippen molar-refractivity contribution < 1.29 is 9.90 Å². The maximum absolute atomic E-state index is 11.5. The predicted molar refractivity (Wildman–Crippen MR) is 73.1 cm³/mol. The number of fused-ring (bicyclic) bond motifs is 1. The van der Waals surface area contributed by atoms with Crippen LogP contribution in [0.3, 0.4) is 0 Å². The Kier molecular flexibility index (Phi) is 2.73. The van der Waals surface area contributed by atoms with Gasteiger partial charge in [-0.3, -0.25) is 4.79 Å². The first-order chi connectivity index (χ1) is 8.26. The third-order valence-corrected chi connectivity index (χ3v) is 3.81. The highest BCUT2D eigenvalue weighted by molar-refractivity contribution is 5.93. The Balaban J connectivity index is 2.90. The molecule has 0 atom stereocenters. The van der Waals surface area contributed by atoms with E-state index in [1.165, 1.54) is 0 Å². The normalized spacial score (nSPS) is 12.1. The van der Waals surface area contributed by atoms with Gasteiger partial charge >= 0.3 is 5.97 Å². The summed E-state index contributed by atoms with van der Waals surface area (Å²) < 4.78 is 2.06. The minimum atomic E-state index is -0.878. The quantitative estimate of drug-likeness (QED) is 0.883. The van der Waals surface area contributed by atoms with Crippen molar-refractivity contribution in [1.82, 2.24) is 4.57 Å². The molecule has 0 aliphatic carbocycles. The lowest BCUT2D eigenvalue weighted by atomic mass is 9.82. The van der Waals surface area contributed by atoms with Crippen molar-refractivity contribution in [2.24, 2.45) is 7.05 Å². The molecule has 0 spiro atoms. The van der Waals surface area contributed by atoms with E-state index in [-0.39, 0.29) is 0 Å². The van der Waals surface area contributed by atoms with Crippen LogP contribution in [0.4, 0.5) is 0 Å². The van der Waals surface area contributed by atoms with Gasteiger partial charge < -0.3 is 9.67 Å². The molecule has 0 saturated carbocycles. The number of aliphatic carboxylic acids is 1. The molecule has 0 aliphatic heterocycles. The lowest BCUT2D eigenvalue weighted by Gasteiger charge is -2.20. The van der Waals surface area contributed by atoms with E-state index in [9.17, 15) is 9.90 Å². The number of benzene rings is 1. The molecule has 0 aliphatic rings. The number of hydrogen-bond acceptors (Lipinski definition) is 1. The van der Waals surface area contributed by atoms with E-state index in [0.717, 1.165) is 27.7 Å². The largest absolute Gasteiger partial charge is 0.481 e. The molecule has 0 radical (unpaired) electrons. The summed E-state index contributed by atoms with van der Waals surface area (Å²) in [4.78, 5) is 11.5. The topological polar surface area (TPSA) is 42.2 Å². The second-order valence-electron chi connectivity index (χ2n) is 5.47. The second kappa shape index (κ2) is 3.87. The highest BCUT2D eigenvalue weighted by atomic mass is 16.4. The van der Waals surface area contributed by atoms with Crippen molar-refractivity contribution in [2.75, 3.05) is 0 Å². The summed E-state index contributed by atoms with van der Waals surface area (Å²) in [6.07, 6.45) is 0. The van der Waals surface area contributed by atoms with Gasteiger partial charge in [-0.25, -0.2) is 0 Å². The standard InChI is InChI=1S/C15H19NO2/c1-9-6-7-12-11(8-9)13(10(2)16(12)5)15(3,4)14(17)18/h6-8H,1-5H3,(H,17,18). The Bertz CT molecular complexity index is 635. The van der Waals surface area contributed by atoms with E-state index < -0.39 is 11.4 Å². The third kappa shape index (κ3) is 1.62. The summed E-state index contributed by atoms with van der Waals surface area (Å²) in [7, 11) is 1.98. The first-order valence-corrected chi connectivity index (χ1v) is 6.06. The predicted octanol–water partition coefficient (Wildman–Crippen LogP) is 3.16. The molecule has 0 amide bonds. The maximum atomic E-state index is 11.5. The Hall–Kier alpha value is -1.77. The molecule has 0 fully saturated rings. The summed E-state index contributed by atoms with van der Waals surface area (Å²) >= 11 is 0. The molecule has 0 saturated heterocycles. The van der Waals surface area contributed by atoms with Crippen LogP contribution in [0.15, 0.2) is 18.2 Å². The van der Waals surface area contributed by atoms with E-state index in [0.29, 0.717) is 0 Å². The van der Waals surface area contributed by atoms with E-state index in [4.69, 9.17) is 0 Å². The fourth-order valence-electron chi connectivity index (χ4n) is 2.58. The number of rotatable bonds is 2. The van der Waals surface area contributed by atoms with Gasteiger partial charge in [0.2, 0.25) is 0 Å². The highest BCUT2D eigenvalue weighted by Gasteiger charge is 2.34. The molecule has 3 nitrogen and oxygen atoms in total. The van der Waals surface area contributed by atoms with Crippen LogP contribution in [-0.4, -0.2) is 15.6 Å². The van der Waals surface area contributed by atoms with Crippen molar-refractivity contribution >= 4 is 16.9 Å². The first-order valence-electron chi connectivity index (χ1n) is 6.06. The molecule has 0 bridgehead atoms. The van der Waals surface area contributed by atoms with Crippen molar-refractivity contribution in [1.29, 1.82) is 0 Å². The average molecular weight is 245 g/mol. The van der Waals surface area contributed by atoms with Gasteiger partial charge in [0.05, 0.1) is 5.41 Å². The summed E-state index contributed by atoms with van der Waals surface area (Å²) in [6.45, 7) is 7.54. The molecule has 1 aromatic heterocycles. The Morgan fingerprint density at radius 2 is 1.89 bits per heavy atom. The van der Waals surface area contributed by atoms with Gasteiger partial charge in [-0.2, -0.15) is 0 Å². The fraction of sp³-hybridized carbons (Fsp3) is 0.400. The van der Waals surface area contributed by atoms with Crippen molar-refractivity contribution in [3.05, 3.63) is 35.0 Å². The monoisotopic (exact) mass is 245 g/mol. The first kappa shape index (κ1) is 12.7. The van der Waals surface area contributed by atoms with Crippen LogP contribution < -0.4 is 0 Å². The van der Waals surface area contributed by atoms with Gasteiger partial charge in [0.15, 0.2) is 0 Å². The van der Waals surface area contributed by atoms with Crippen LogP contribution in [-0.2, 0) is 17.3 Å². The second-order valence-corrected chi connectivity index (χ2v) is 5.47. The summed E-state index contributed by atoms with van der Waals surface area (Å²) in [5, 5.41) is 10.5. The summed E-state index contributed by atoms with van der Waals surface area (Å²) in [6, 6.07) is 6.18. The molecular formula is C15H19NO2. The molecule has 2 rings (SSSR count). The highest BCUT2D eigenvalue weighted by Crippen LogP contribution is 2.35. The maximum Gasteiger partial charge on any atom is 0.313 e. The number of carbonyl (C=O) groups is 1. The van der Waals surface area contributed by atoms with Crippen LogP contribution >= 0.6 is 0 Å². The van der Waals surface area contributed by atoms with Gasteiger partial charge in [-0.1, -0.05) is 11.6 Å². The Morgan fingerprint density at radius 3 is 2.44 bits per heavy atom. The average Bonchev–Trinajstić information content (AvgIpc) is 2.51. The van der Waals surface area contributed by atoms with Gasteiger partial charge in [0, 0.05) is 23.6 Å². The number of carboxylic acid groups (broad SMARTS) is 1. The van der Waals surface area contributed by atoms with Crippen LogP contribution in [0.1, 0.15) is 30.7 Å². The molecule has 1 aromatic carbocycles. The van der Waals surface area contributed by atoms with Crippen LogP contribution in [0.25, 0.3) is 10.9 Å². The Morgan fingerprint density at radius 1 is 1.28 bits per heavy atom. The fourth-order valence-corrected chi connectivity index (χ4v) is 2.58. The molecular weight excluding hydrogens is 226 g/mol. The van der Waals surface area contributed by atoms with E-state index in [1.807, 2.05) is 20.9 Å². The van der Waals surface area contributed by atoms with Crippen molar-refractivity contribution in [3.63, 3.8) is 0 Å². The van der Waals surface area contributed by atoms with E-state index >= 15 is 0 Å².